The summed E-state index contributed by atoms with van der Waals surface area (Å²) in [5.41, 5.74) is -1.13. The van der Waals surface area contributed by atoms with E-state index < -0.39 is 23.1 Å². The molecular formula is C21H20FN5. The van der Waals surface area contributed by atoms with Crippen molar-refractivity contribution in [3.63, 3.8) is 0 Å². The molecule has 1 aliphatic carbocycles. The van der Waals surface area contributed by atoms with Gasteiger partial charge in [0.15, 0.2) is 5.41 Å². The van der Waals surface area contributed by atoms with Crippen LogP contribution in [0.4, 0.5) is 4.39 Å². The van der Waals surface area contributed by atoms with Gasteiger partial charge in [0.05, 0.1) is 23.9 Å². The Hall–Kier alpha value is -3.01. The normalized spacial score (nSPS) is 27.1. The molecule has 1 unspecified atom stereocenters. The minimum atomic E-state index is -1.87. The standard InChI is InChI=1S/C21H20FN5/c1-13(2)27-8-7-14-16(9-23)20(26)21(11-24,12-25)19(17(14)10-27)15-5-3-4-6-18(15)22/h3-7,13,16-17,19,26H,8,10H2,1-2H3/t16?,17-,19-/m0/s1. The van der Waals surface area contributed by atoms with Crippen molar-refractivity contribution < 1.29 is 4.39 Å². The summed E-state index contributed by atoms with van der Waals surface area (Å²) in [6.07, 6.45) is 1.92. The van der Waals surface area contributed by atoms with Crippen molar-refractivity contribution in [3.05, 3.63) is 47.3 Å². The Labute approximate surface area is 158 Å². The zero-order valence-electron chi connectivity index (χ0n) is 15.3. The van der Waals surface area contributed by atoms with Crippen molar-refractivity contribution in [1.82, 2.24) is 4.90 Å². The van der Waals surface area contributed by atoms with Gasteiger partial charge in [-0.05, 0) is 31.1 Å². The highest BCUT2D eigenvalue weighted by Gasteiger charge is 2.58. The fourth-order valence-corrected chi connectivity index (χ4v) is 4.32. The van der Waals surface area contributed by atoms with E-state index in [2.05, 4.69) is 11.0 Å². The number of halogens is 1. The molecule has 0 aromatic heterocycles. The second kappa shape index (κ2) is 6.95. The molecule has 1 aliphatic heterocycles. The Balaban J connectivity index is 2.27. The Bertz CT molecular complexity index is 913. The van der Waals surface area contributed by atoms with Crippen LogP contribution in [0, 0.1) is 62.5 Å². The van der Waals surface area contributed by atoms with Crippen LogP contribution in [0.25, 0.3) is 0 Å². The molecule has 27 heavy (non-hydrogen) atoms. The summed E-state index contributed by atoms with van der Waals surface area (Å²) in [4.78, 5) is 2.17. The van der Waals surface area contributed by atoms with E-state index in [9.17, 15) is 20.2 Å². The van der Waals surface area contributed by atoms with Crippen LogP contribution >= 0.6 is 0 Å². The summed E-state index contributed by atoms with van der Waals surface area (Å²) >= 11 is 0. The van der Waals surface area contributed by atoms with Crippen molar-refractivity contribution in [2.45, 2.75) is 25.8 Å². The van der Waals surface area contributed by atoms with Gasteiger partial charge in [-0.25, -0.2) is 4.39 Å². The molecule has 1 aromatic carbocycles. The van der Waals surface area contributed by atoms with E-state index >= 15 is 0 Å². The predicted molar refractivity (Wildman–Crippen MR) is 97.9 cm³/mol. The summed E-state index contributed by atoms with van der Waals surface area (Å²) in [5, 5.41) is 38.1. The molecule has 1 saturated carbocycles. The summed E-state index contributed by atoms with van der Waals surface area (Å²) < 4.78 is 14.7. The molecule has 5 nitrogen and oxygen atoms in total. The van der Waals surface area contributed by atoms with E-state index in [-0.39, 0.29) is 23.2 Å². The van der Waals surface area contributed by atoms with Crippen molar-refractivity contribution in [2.24, 2.45) is 17.3 Å². The van der Waals surface area contributed by atoms with Crippen LogP contribution < -0.4 is 0 Å². The third-order valence-corrected chi connectivity index (χ3v) is 5.79. The average Bonchev–Trinajstić information content (AvgIpc) is 2.67. The highest BCUT2D eigenvalue weighted by Crippen LogP contribution is 2.53. The lowest BCUT2D eigenvalue weighted by atomic mass is 9.54. The van der Waals surface area contributed by atoms with Crippen LogP contribution in [-0.4, -0.2) is 29.7 Å². The molecule has 1 heterocycles. The molecule has 3 rings (SSSR count). The first-order valence-corrected chi connectivity index (χ1v) is 8.90. The first kappa shape index (κ1) is 18.8. The molecule has 1 fully saturated rings. The molecule has 0 bridgehead atoms. The van der Waals surface area contributed by atoms with E-state index in [1.165, 1.54) is 6.07 Å². The van der Waals surface area contributed by atoms with Gasteiger partial charge in [0.25, 0.3) is 0 Å². The maximum Gasteiger partial charge on any atom is 0.189 e. The van der Waals surface area contributed by atoms with Gasteiger partial charge >= 0.3 is 0 Å². The van der Waals surface area contributed by atoms with Gasteiger partial charge in [0.2, 0.25) is 0 Å². The van der Waals surface area contributed by atoms with Crippen LogP contribution in [0.3, 0.4) is 0 Å². The minimum Gasteiger partial charge on any atom is -0.305 e. The van der Waals surface area contributed by atoms with Crippen LogP contribution in [-0.2, 0) is 0 Å². The molecule has 6 heteroatoms. The van der Waals surface area contributed by atoms with Crippen LogP contribution in [0.2, 0.25) is 0 Å². The second-order valence-corrected chi connectivity index (χ2v) is 7.36. The SMILES string of the molecule is CC(C)N1CC=C2C(C#N)C(=N)C(C#N)(C#N)[C@@H](c3ccccc3F)[C@H]2C1. The molecule has 1 aromatic rings. The summed E-state index contributed by atoms with van der Waals surface area (Å²) in [6, 6.07) is 12.4. The van der Waals surface area contributed by atoms with Crippen LogP contribution in [0.1, 0.15) is 25.3 Å². The smallest absolute Gasteiger partial charge is 0.189 e. The number of nitrogens with one attached hydrogen (secondary N) is 1. The summed E-state index contributed by atoms with van der Waals surface area (Å²) in [7, 11) is 0. The van der Waals surface area contributed by atoms with Crippen LogP contribution in [0.15, 0.2) is 35.9 Å². The van der Waals surface area contributed by atoms with Crippen molar-refractivity contribution in [2.75, 3.05) is 13.1 Å². The molecular weight excluding hydrogens is 341 g/mol. The van der Waals surface area contributed by atoms with Gasteiger partial charge < -0.3 is 5.41 Å². The van der Waals surface area contributed by atoms with Crippen molar-refractivity contribution >= 4 is 5.71 Å². The lowest BCUT2D eigenvalue weighted by molar-refractivity contribution is 0.170. The van der Waals surface area contributed by atoms with E-state index in [0.717, 1.165) is 5.57 Å². The van der Waals surface area contributed by atoms with Gasteiger partial charge in [-0.3, -0.25) is 4.90 Å². The Kier molecular flexibility index (Phi) is 4.83. The van der Waals surface area contributed by atoms with E-state index in [4.69, 9.17) is 5.41 Å². The number of nitrogens with zero attached hydrogens (tertiary/aromatic N) is 4. The topological polar surface area (TPSA) is 98.5 Å². The molecule has 0 amide bonds. The van der Waals surface area contributed by atoms with Gasteiger partial charge in [-0.1, -0.05) is 24.3 Å². The maximum atomic E-state index is 14.7. The predicted octanol–water partition coefficient (Wildman–Crippen LogP) is 3.38. The van der Waals surface area contributed by atoms with E-state index in [1.54, 1.807) is 18.2 Å². The maximum absolute atomic E-state index is 14.7. The van der Waals surface area contributed by atoms with Crippen LogP contribution in [0.5, 0.6) is 0 Å². The van der Waals surface area contributed by atoms with E-state index in [0.29, 0.717) is 13.1 Å². The number of hydrogen-bond donors (Lipinski definition) is 1. The van der Waals surface area contributed by atoms with Gasteiger partial charge in [-0.15, -0.1) is 0 Å². The zero-order chi connectivity index (χ0) is 19.8. The Morgan fingerprint density at radius 1 is 1.22 bits per heavy atom. The summed E-state index contributed by atoms with van der Waals surface area (Å²) in [6.45, 7) is 5.24. The number of hydrogen-bond acceptors (Lipinski definition) is 5. The highest BCUT2D eigenvalue weighted by molar-refractivity contribution is 6.00. The van der Waals surface area contributed by atoms with Crippen molar-refractivity contribution in [3.8, 4) is 18.2 Å². The monoisotopic (exact) mass is 361 g/mol. The first-order chi connectivity index (χ1) is 12.9. The minimum absolute atomic E-state index is 0.226. The van der Waals surface area contributed by atoms with Gasteiger partial charge in [-0.2, -0.15) is 15.8 Å². The number of fused-ring (bicyclic) bond motifs is 1. The van der Waals surface area contributed by atoms with E-state index in [1.807, 2.05) is 32.1 Å². The first-order valence-electron chi connectivity index (χ1n) is 8.90. The molecule has 1 N–H and O–H groups in total. The lowest BCUT2D eigenvalue weighted by Gasteiger charge is -2.48. The quantitative estimate of drug-likeness (QED) is 0.816. The van der Waals surface area contributed by atoms with Gasteiger partial charge in [0.1, 0.15) is 11.7 Å². The van der Waals surface area contributed by atoms with Crippen molar-refractivity contribution in [1.29, 1.82) is 21.2 Å². The molecule has 0 spiro atoms. The number of benzene rings is 1. The average molecular weight is 361 g/mol. The third kappa shape index (κ3) is 2.72. The fraction of sp³-hybridized carbons (Fsp3) is 0.429. The molecule has 0 radical (unpaired) electrons. The number of rotatable bonds is 2. The zero-order valence-corrected chi connectivity index (χ0v) is 15.3. The highest BCUT2D eigenvalue weighted by atomic mass is 19.1. The fourth-order valence-electron chi connectivity index (χ4n) is 4.32. The largest absolute Gasteiger partial charge is 0.305 e. The van der Waals surface area contributed by atoms with Gasteiger partial charge in [0, 0.05) is 31.0 Å². The third-order valence-electron chi connectivity index (χ3n) is 5.79. The Morgan fingerprint density at radius 2 is 1.89 bits per heavy atom. The summed E-state index contributed by atoms with van der Waals surface area (Å²) in [5.74, 6) is -2.64. The molecule has 3 atom stereocenters. The molecule has 2 aliphatic rings. The molecule has 136 valence electrons. The second-order valence-electron chi connectivity index (χ2n) is 7.36. The number of nitriles is 3. The lowest BCUT2D eigenvalue weighted by Crippen LogP contribution is -2.53. The molecule has 0 saturated heterocycles. The Morgan fingerprint density at radius 3 is 2.44 bits per heavy atom.